The highest BCUT2D eigenvalue weighted by molar-refractivity contribution is 7.89. The van der Waals surface area contributed by atoms with Crippen LogP contribution in [-0.2, 0) is 14.8 Å². The summed E-state index contributed by atoms with van der Waals surface area (Å²) in [7, 11) is -3.77. The van der Waals surface area contributed by atoms with E-state index in [0.29, 0.717) is 11.4 Å². The standard InChI is InChI=1S/C18H23N5O3S2/c1-11(2)10-15(17(24)21-9-8-19)22-18-16(12(3)23-27-18)13-4-6-14(7-5-13)28(20,25)26/h4-7,11,15,22H,9-10H2,1-3H3,(H,21,24)(H2,20,25,26)/t15-/m0/s1. The minimum atomic E-state index is -3.77. The summed E-state index contributed by atoms with van der Waals surface area (Å²) in [5, 5.41) is 20.4. The molecule has 28 heavy (non-hydrogen) atoms. The smallest absolute Gasteiger partial charge is 0.243 e. The van der Waals surface area contributed by atoms with Gasteiger partial charge in [0.2, 0.25) is 15.9 Å². The van der Waals surface area contributed by atoms with Crippen LogP contribution in [0, 0.1) is 24.2 Å². The van der Waals surface area contributed by atoms with E-state index in [-0.39, 0.29) is 23.3 Å². The van der Waals surface area contributed by atoms with Crippen molar-refractivity contribution in [2.24, 2.45) is 11.1 Å². The van der Waals surface area contributed by atoms with E-state index in [2.05, 4.69) is 15.0 Å². The van der Waals surface area contributed by atoms with E-state index in [9.17, 15) is 13.2 Å². The highest BCUT2D eigenvalue weighted by atomic mass is 32.2. The van der Waals surface area contributed by atoms with Gasteiger partial charge in [0.15, 0.2) is 0 Å². The van der Waals surface area contributed by atoms with E-state index in [4.69, 9.17) is 10.4 Å². The number of nitrogens with one attached hydrogen (secondary N) is 2. The molecule has 1 amide bonds. The molecular weight excluding hydrogens is 398 g/mol. The van der Waals surface area contributed by atoms with Crippen molar-refractivity contribution < 1.29 is 13.2 Å². The Bertz CT molecular complexity index is 976. The Morgan fingerprint density at radius 2 is 1.96 bits per heavy atom. The molecule has 0 aliphatic carbocycles. The molecule has 2 rings (SSSR count). The number of aryl methyl sites for hydroxylation is 1. The summed E-state index contributed by atoms with van der Waals surface area (Å²) in [4.78, 5) is 12.5. The van der Waals surface area contributed by atoms with Gasteiger partial charge >= 0.3 is 0 Å². The fraction of sp³-hybridized carbons (Fsp3) is 0.389. The molecule has 2 aromatic rings. The Hall–Kier alpha value is -2.48. The molecule has 1 heterocycles. The van der Waals surface area contributed by atoms with Crippen LogP contribution in [-0.4, -0.2) is 31.3 Å². The van der Waals surface area contributed by atoms with Crippen molar-refractivity contribution >= 4 is 32.5 Å². The van der Waals surface area contributed by atoms with Crippen molar-refractivity contribution in [2.45, 2.75) is 38.1 Å². The van der Waals surface area contributed by atoms with Gasteiger partial charge in [-0.25, -0.2) is 13.6 Å². The first-order valence-corrected chi connectivity index (χ1v) is 11.0. The van der Waals surface area contributed by atoms with Gasteiger partial charge in [0.25, 0.3) is 0 Å². The fourth-order valence-corrected chi connectivity index (χ4v) is 4.12. The van der Waals surface area contributed by atoms with E-state index in [0.717, 1.165) is 16.8 Å². The molecule has 4 N–H and O–H groups in total. The average Bonchev–Trinajstić information content (AvgIpc) is 2.98. The number of carbonyl (C=O) groups excluding carboxylic acids is 1. The predicted molar refractivity (Wildman–Crippen MR) is 109 cm³/mol. The summed E-state index contributed by atoms with van der Waals surface area (Å²) >= 11 is 1.23. The Kier molecular flexibility index (Phi) is 7.12. The molecule has 0 fully saturated rings. The highest BCUT2D eigenvalue weighted by Crippen LogP contribution is 2.36. The third-order valence-electron chi connectivity index (χ3n) is 4.00. The molecule has 1 aromatic carbocycles. The van der Waals surface area contributed by atoms with Crippen LogP contribution >= 0.6 is 11.5 Å². The molecule has 0 unspecified atom stereocenters. The van der Waals surface area contributed by atoms with Crippen LogP contribution in [0.3, 0.4) is 0 Å². The van der Waals surface area contributed by atoms with Crippen LogP contribution in [0.5, 0.6) is 0 Å². The molecule has 10 heteroatoms. The van der Waals surface area contributed by atoms with Crippen LogP contribution in [0.2, 0.25) is 0 Å². The molecule has 0 radical (unpaired) electrons. The quantitative estimate of drug-likeness (QED) is 0.559. The summed E-state index contributed by atoms with van der Waals surface area (Å²) in [6.07, 6.45) is 0.581. The number of nitrogens with two attached hydrogens (primary N) is 1. The molecule has 8 nitrogen and oxygen atoms in total. The fourth-order valence-electron chi connectivity index (χ4n) is 2.73. The summed E-state index contributed by atoms with van der Waals surface area (Å²) in [5.74, 6) is 0.00803. The van der Waals surface area contributed by atoms with Gasteiger partial charge in [-0.05, 0) is 48.5 Å². The lowest BCUT2D eigenvalue weighted by Crippen LogP contribution is -2.40. The lowest BCUT2D eigenvalue weighted by Gasteiger charge is -2.20. The lowest BCUT2D eigenvalue weighted by molar-refractivity contribution is -0.121. The van der Waals surface area contributed by atoms with Gasteiger partial charge in [-0.15, -0.1) is 0 Å². The monoisotopic (exact) mass is 421 g/mol. The minimum absolute atomic E-state index is 0.0279. The molecular formula is C18H23N5O3S2. The number of hydrogen-bond donors (Lipinski definition) is 3. The second-order valence-electron chi connectivity index (χ2n) is 6.74. The molecule has 0 aliphatic rings. The minimum Gasteiger partial charge on any atom is -0.364 e. The molecule has 150 valence electrons. The zero-order valence-electron chi connectivity index (χ0n) is 15.9. The Labute approximate surface area is 169 Å². The number of sulfonamides is 1. The summed E-state index contributed by atoms with van der Waals surface area (Å²) in [6, 6.07) is 7.59. The number of hydrogen-bond acceptors (Lipinski definition) is 7. The second kappa shape index (κ2) is 9.14. The van der Waals surface area contributed by atoms with Crippen LogP contribution in [0.4, 0.5) is 5.00 Å². The number of nitrogens with zero attached hydrogens (tertiary/aromatic N) is 2. The number of carbonyl (C=O) groups is 1. The number of amides is 1. The van der Waals surface area contributed by atoms with E-state index in [1.54, 1.807) is 12.1 Å². The van der Waals surface area contributed by atoms with Crippen molar-refractivity contribution in [3.05, 3.63) is 30.0 Å². The largest absolute Gasteiger partial charge is 0.364 e. The van der Waals surface area contributed by atoms with Gasteiger partial charge in [0.05, 0.1) is 16.7 Å². The van der Waals surface area contributed by atoms with Gasteiger partial charge < -0.3 is 10.6 Å². The van der Waals surface area contributed by atoms with Crippen LogP contribution in [0.1, 0.15) is 26.0 Å². The van der Waals surface area contributed by atoms with Gasteiger partial charge in [-0.2, -0.15) is 9.64 Å². The first-order chi connectivity index (χ1) is 13.1. The third-order valence-corrected chi connectivity index (χ3v) is 5.80. The molecule has 1 aromatic heterocycles. The highest BCUT2D eigenvalue weighted by Gasteiger charge is 2.23. The van der Waals surface area contributed by atoms with Crippen molar-refractivity contribution in [2.75, 3.05) is 11.9 Å². The maximum atomic E-state index is 12.4. The maximum absolute atomic E-state index is 12.4. The Morgan fingerprint density at radius 1 is 1.32 bits per heavy atom. The van der Waals surface area contributed by atoms with Crippen LogP contribution < -0.4 is 15.8 Å². The Balaban J connectivity index is 2.34. The molecule has 0 spiro atoms. The number of anilines is 1. The molecule has 0 bridgehead atoms. The maximum Gasteiger partial charge on any atom is 0.243 e. The number of rotatable bonds is 8. The zero-order valence-corrected chi connectivity index (χ0v) is 17.5. The molecule has 0 aliphatic heterocycles. The molecule has 0 saturated heterocycles. The zero-order chi connectivity index (χ0) is 20.9. The van der Waals surface area contributed by atoms with Crippen molar-refractivity contribution in [3.63, 3.8) is 0 Å². The predicted octanol–water partition coefficient (Wildman–Crippen LogP) is 2.23. The van der Waals surface area contributed by atoms with E-state index >= 15 is 0 Å². The van der Waals surface area contributed by atoms with E-state index in [1.807, 2.05) is 26.8 Å². The number of aromatic nitrogens is 1. The SMILES string of the molecule is Cc1nsc(N[C@@H](CC(C)C)C(=O)NCC#N)c1-c1ccc(S(N)(=O)=O)cc1. The summed E-state index contributed by atoms with van der Waals surface area (Å²) in [6.45, 7) is 5.81. The first-order valence-electron chi connectivity index (χ1n) is 8.64. The number of primary sulfonamides is 1. The Morgan fingerprint density at radius 3 is 2.50 bits per heavy atom. The van der Waals surface area contributed by atoms with Crippen molar-refractivity contribution in [1.82, 2.24) is 9.69 Å². The van der Waals surface area contributed by atoms with Crippen LogP contribution in [0.25, 0.3) is 11.1 Å². The van der Waals surface area contributed by atoms with Crippen molar-refractivity contribution in [1.29, 1.82) is 5.26 Å². The average molecular weight is 422 g/mol. The second-order valence-corrected chi connectivity index (χ2v) is 9.08. The van der Waals surface area contributed by atoms with E-state index < -0.39 is 16.1 Å². The van der Waals surface area contributed by atoms with Gasteiger partial charge in [0.1, 0.15) is 17.6 Å². The van der Waals surface area contributed by atoms with Gasteiger partial charge in [-0.3, -0.25) is 4.79 Å². The topological polar surface area (TPSA) is 138 Å². The summed E-state index contributed by atoms with van der Waals surface area (Å²) < 4.78 is 27.3. The third kappa shape index (κ3) is 5.51. The van der Waals surface area contributed by atoms with E-state index in [1.165, 1.54) is 23.7 Å². The number of benzene rings is 1. The van der Waals surface area contributed by atoms with Gasteiger partial charge in [-0.1, -0.05) is 26.0 Å². The van der Waals surface area contributed by atoms with Crippen LogP contribution in [0.15, 0.2) is 29.2 Å². The lowest BCUT2D eigenvalue weighted by atomic mass is 10.0. The van der Waals surface area contributed by atoms with Crippen molar-refractivity contribution in [3.8, 4) is 17.2 Å². The first kappa shape index (κ1) is 21.8. The molecule has 0 saturated carbocycles. The molecule has 1 atom stereocenters. The normalized spacial score (nSPS) is 12.4. The number of nitriles is 1. The van der Waals surface area contributed by atoms with Gasteiger partial charge in [0, 0.05) is 5.56 Å². The summed E-state index contributed by atoms with van der Waals surface area (Å²) in [5.41, 5.74) is 2.33.